The average Bonchev–Trinajstić information content (AvgIpc) is 2.41. The van der Waals surface area contributed by atoms with Crippen molar-refractivity contribution in [1.82, 2.24) is 4.90 Å². The zero-order valence-electron chi connectivity index (χ0n) is 11.8. The molecule has 1 aliphatic heterocycles. The summed E-state index contributed by atoms with van der Waals surface area (Å²) in [5, 5.41) is 8.76. The number of carboxylic acids is 1. The van der Waals surface area contributed by atoms with Gasteiger partial charge in [0.1, 0.15) is 0 Å². The zero-order valence-corrected chi connectivity index (χ0v) is 12.6. The minimum absolute atomic E-state index is 0.151. The molecule has 4 nitrogen and oxygen atoms in total. The zero-order chi connectivity index (χ0) is 14.1. The Bertz CT molecular complexity index is 296. The van der Waals surface area contributed by atoms with Crippen LogP contribution in [0.2, 0.25) is 0 Å². The lowest BCUT2D eigenvalue weighted by molar-refractivity contribution is -0.140. The summed E-state index contributed by atoms with van der Waals surface area (Å²) in [6, 6.07) is 0.151. The normalized spacial score (nSPS) is 19.4. The van der Waals surface area contributed by atoms with Gasteiger partial charge in [0, 0.05) is 25.4 Å². The van der Waals surface area contributed by atoms with E-state index in [1.54, 1.807) is 0 Å². The van der Waals surface area contributed by atoms with Crippen LogP contribution in [0, 0.1) is 0 Å². The second-order valence-corrected chi connectivity index (χ2v) is 6.10. The maximum absolute atomic E-state index is 12.2. The molecule has 0 aromatic rings. The fraction of sp³-hybridized carbons (Fsp3) is 0.857. The van der Waals surface area contributed by atoms with Crippen molar-refractivity contribution in [1.29, 1.82) is 0 Å². The molecule has 1 N–H and O–H groups in total. The number of carbonyl (C=O) groups excluding carboxylic acids is 1. The first-order chi connectivity index (χ1) is 9.15. The lowest BCUT2D eigenvalue weighted by Gasteiger charge is -2.35. The van der Waals surface area contributed by atoms with Gasteiger partial charge in [0.25, 0.3) is 0 Å². The van der Waals surface area contributed by atoms with Crippen molar-refractivity contribution < 1.29 is 14.7 Å². The van der Waals surface area contributed by atoms with Crippen LogP contribution in [0.3, 0.4) is 0 Å². The van der Waals surface area contributed by atoms with E-state index in [0.717, 1.165) is 44.4 Å². The van der Waals surface area contributed by atoms with Gasteiger partial charge in [-0.2, -0.15) is 11.8 Å². The van der Waals surface area contributed by atoms with Crippen molar-refractivity contribution in [2.24, 2.45) is 0 Å². The number of piperidine rings is 1. The van der Waals surface area contributed by atoms with Gasteiger partial charge in [-0.25, -0.2) is 0 Å². The lowest BCUT2D eigenvalue weighted by atomic mass is 9.97. The molecule has 0 aromatic carbocycles. The Kier molecular flexibility index (Phi) is 7.94. The van der Waals surface area contributed by atoms with Gasteiger partial charge in [0.15, 0.2) is 0 Å². The van der Waals surface area contributed by atoms with Crippen molar-refractivity contribution in [3.05, 3.63) is 0 Å². The summed E-state index contributed by atoms with van der Waals surface area (Å²) in [6.45, 7) is 0.811. The molecule has 110 valence electrons. The molecule has 1 amide bonds. The highest BCUT2D eigenvalue weighted by atomic mass is 32.2. The topological polar surface area (TPSA) is 57.6 Å². The Labute approximate surface area is 119 Å². The van der Waals surface area contributed by atoms with Crippen molar-refractivity contribution in [2.45, 2.75) is 57.4 Å². The molecule has 0 aliphatic carbocycles. The van der Waals surface area contributed by atoms with Crippen LogP contribution in [0.25, 0.3) is 0 Å². The van der Waals surface area contributed by atoms with Gasteiger partial charge in [-0.3, -0.25) is 9.59 Å². The largest absolute Gasteiger partial charge is 0.481 e. The van der Waals surface area contributed by atoms with Gasteiger partial charge < -0.3 is 10.0 Å². The molecule has 5 heteroatoms. The van der Waals surface area contributed by atoms with E-state index in [0.29, 0.717) is 12.8 Å². The van der Waals surface area contributed by atoms with Crippen LogP contribution < -0.4 is 0 Å². The van der Waals surface area contributed by atoms with E-state index in [4.69, 9.17) is 5.11 Å². The van der Waals surface area contributed by atoms with Crippen LogP contribution in [0.15, 0.2) is 0 Å². The number of nitrogens with zero attached hydrogens (tertiary/aromatic N) is 1. The summed E-state index contributed by atoms with van der Waals surface area (Å²) < 4.78 is 0. The summed E-state index contributed by atoms with van der Waals surface area (Å²) in [5.41, 5.74) is 0. The minimum atomic E-state index is -0.766. The summed E-state index contributed by atoms with van der Waals surface area (Å²) >= 11 is 1.81. The molecule has 19 heavy (non-hydrogen) atoms. The van der Waals surface area contributed by atoms with Crippen LogP contribution in [0.1, 0.15) is 51.4 Å². The maximum Gasteiger partial charge on any atom is 0.303 e. The molecule has 1 atom stereocenters. The molecule has 1 saturated heterocycles. The molecule has 1 rings (SSSR count). The van der Waals surface area contributed by atoms with Crippen LogP contribution in [0.4, 0.5) is 0 Å². The maximum atomic E-state index is 12.2. The fourth-order valence-electron chi connectivity index (χ4n) is 2.59. The second-order valence-electron chi connectivity index (χ2n) is 5.12. The van der Waals surface area contributed by atoms with Crippen molar-refractivity contribution in [3.63, 3.8) is 0 Å². The van der Waals surface area contributed by atoms with Crippen LogP contribution in [-0.4, -0.2) is 46.5 Å². The Morgan fingerprint density at radius 1 is 1.26 bits per heavy atom. The van der Waals surface area contributed by atoms with E-state index in [1.165, 1.54) is 0 Å². The average molecular weight is 287 g/mol. The molecule has 1 aliphatic rings. The van der Waals surface area contributed by atoms with Gasteiger partial charge in [-0.1, -0.05) is 0 Å². The van der Waals surface area contributed by atoms with Crippen molar-refractivity contribution in [3.8, 4) is 0 Å². The highest BCUT2D eigenvalue weighted by molar-refractivity contribution is 7.98. The summed E-state index contributed by atoms with van der Waals surface area (Å²) in [7, 11) is 0. The Morgan fingerprint density at radius 2 is 2.05 bits per heavy atom. The van der Waals surface area contributed by atoms with Crippen LogP contribution in [-0.2, 0) is 9.59 Å². The molecule has 1 unspecified atom stereocenters. The summed E-state index contributed by atoms with van der Waals surface area (Å²) in [5.74, 6) is 0.560. The molecular weight excluding hydrogens is 262 g/mol. The number of amides is 1. The first-order valence-electron chi connectivity index (χ1n) is 7.15. The van der Waals surface area contributed by atoms with E-state index < -0.39 is 5.97 Å². The first-order valence-corrected chi connectivity index (χ1v) is 8.54. The number of rotatable bonds is 8. The number of unbranched alkanes of at least 4 members (excludes halogenated alkanes) is 1. The van der Waals surface area contributed by atoms with Gasteiger partial charge >= 0.3 is 5.97 Å². The van der Waals surface area contributed by atoms with E-state index >= 15 is 0 Å². The lowest BCUT2D eigenvalue weighted by Crippen LogP contribution is -2.43. The number of aliphatic carboxylic acids is 1. The van der Waals surface area contributed by atoms with Gasteiger partial charge in [0.05, 0.1) is 0 Å². The van der Waals surface area contributed by atoms with E-state index in [1.807, 2.05) is 16.7 Å². The minimum Gasteiger partial charge on any atom is -0.481 e. The molecule has 0 bridgehead atoms. The van der Waals surface area contributed by atoms with Crippen LogP contribution in [0.5, 0.6) is 0 Å². The molecule has 0 spiro atoms. The monoisotopic (exact) mass is 287 g/mol. The predicted octanol–water partition coefficient (Wildman–Crippen LogP) is 2.77. The Morgan fingerprint density at radius 3 is 2.74 bits per heavy atom. The van der Waals surface area contributed by atoms with Gasteiger partial charge in [-0.15, -0.1) is 0 Å². The number of carbonyl (C=O) groups is 2. The molecule has 0 saturated carbocycles. The van der Waals surface area contributed by atoms with Gasteiger partial charge in [-0.05, 0) is 50.5 Å². The van der Waals surface area contributed by atoms with Crippen LogP contribution >= 0.6 is 11.8 Å². The summed E-state index contributed by atoms with van der Waals surface area (Å²) in [4.78, 5) is 24.8. The van der Waals surface area contributed by atoms with Gasteiger partial charge in [0.2, 0.25) is 5.91 Å². The molecule has 1 heterocycles. The molecule has 0 aromatic heterocycles. The predicted molar refractivity (Wildman–Crippen MR) is 78.5 cm³/mol. The number of likely N-dealkylation sites (tertiary alicyclic amines) is 1. The van der Waals surface area contributed by atoms with Crippen molar-refractivity contribution in [2.75, 3.05) is 18.6 Å². The number of hydrogen-bond acceptors (Lipinski definition) is 3. The Hall–Kier alpha value is -0.710. The van der Waals surface area contributed by atoms with E-state index in [2.05, 4.69) is 6.26 Å². The molecule has 0 radical (unpaired) electrons. The Balaban J connectivity index is 2.37. The third-order valence-corrected chi connectivity index (χ3v) is 4.32. The fourth-order valence-corrected chi connectivity index (χ4v) is 3.08. The molecule has 1 fully saturated rings. The highest BCUT2D eigenvalue weighted by Gasteiger charge is 2.26. The second kappa shape index (κ2) is 9.23. The van der Waals surface area contributed by atoms with E-state index in [-0.39, 0.29) is 18.4 Å². The first kappa shape index (κ1) is 16.3. The quantitative estimate of drug-likeness (QED) is 0.697. The highest BCUT2D eigenvalue weighted by Crippen LogP contribution is 2.22. The SMILES string of the molecule is CSCCCCC(=O)N1CCCCC1CCC(=O)O. The van der Waals surface area contributed by atoms with Crippen molar-refractivity contribution >= 4 is 23.6 Å². The third-order valence-electron chi connectivity index (χ3n) is 3.63. The number of carboxylic acid groups (broad SMARTS) is 1. The summed E-state index contributed by atoms with van der Waals surface area (Å²) in [6.07, 6.45) is 8.62. The standard InChI is InChI=1S/C14H25NO3S/c1-19-11-5-3-7-13(16)15-10-4-2-6-12(15)8-9-14(17)18/h12H,2-11H2,1H3,(H,17,18). The number of hydrogen-bond donors (Lipinski definition) is 1. The van der Waals surface area contributed by atoms with E-state index in [9.17, 15) is 9.59 Å². The smallest absolute Gasteiger partial charge is 0.303 e. The molecular formula is C14H25NO3S. The number of thioether (sulfide) groups is 1. The third kappa shape index (κ3) is 6.32.